The fourth-order valence-corrected chi connectivity index (χ4v) is 2.66. The van der Waals surface area contributed by atoms with Crippen molar-refractivity contribution in [3.8, 4) is 5.75 Å². The summed E-state index contributed by atoms with van der Waals surface area (Å²) in [5.41, 5.74) is 0.439. The van der Waals surface area contributed by atoms with Crippen LogP contribution in [0.3, 0.4) is 0 Å². The van der Waals surface area contributed by atoms with E-state index in [1.54, 1.807) is 7.11 Å². The third kappa shape index (κ3) is 2.49. The molecule has 2 rings (SSSR count). The zero-order valence-electron chi connectivity index (χ0n) is 10.1. The minimum absolute atomic E-state index is 0.408. The van der Waals surface area contributed by atoms with Gasteiger partial charge in [-0.2, -0.15) is 0 Å². The Balaban J connectivity index is 2.35. The third-order valence-electron chi connectivity index (χ3n) is 3.27. The molecule has 94 valence electrons. The van der Waals surface area contributed by atoms with Gasteiger partial charge in [0.2, 0.25) is 0 Å². The lowest BCUT2D eigenvalue weighted by Crippen LogP contribution is -2.44. The van der Waals surface area contributed by atoms with E-state index in [0.29, 0.717) is 13.0 Å². The number of rotatable bonds is 3. The van der Waals surface area contributed by atoms with Gasteiger partial charge in [-0.1, -0.05) is 22.9 Å². The second kappa shape index (κ2) is 4.96. The minimum Gasteiger partial charge on any atom is -0.484 e. The number of aliphatic hydroxyl groups excluding tert-OH is 1. The van der Waals surface area contributed by atoms with Crippen molar-refractivity contribution in [3.63, 3.8) is 0 Å². The second-order valence-corrected chi connectivity index (χ2v) is 5.39. The summed E-state index contributed by atoms with van der Waals surface area (Å²) in [6, 6.07) is 5.72. The molecule has 1 aromatic rings. The molecule has 0 aliphatic carbocycles. The average molecular weight is 301 g/mol. The van der Waals surface area contributed by atoms with Gasteiger partial charge >= 0.3 is 0 Å². The summed E-state index contributed by atoms with van der Waals surface area (Å²) in [5, 5.41) is 10.2. The molecule has 0 amide bonds. The molecule has 1 N–H and O–H groups in total. The van der Waals surface area contributed by atoms with Gasteiger partial charge in [0.05, 0.1) is 12.7 Å². The van der Waals surface area contributed by atoms with Crippen LogP contribution < -0.4 is 4.74 Å². The van der Waals surface area contributed by atoms with E-state index in [0.717, 1.165) is 22.2 Å². The summed E-state index contributed by atoms with van der Waals surface area (Å²) in [5.74, 6) is 0.755. The van der Waals surface area contributed by atoms with Crippen molar-refractivity contribution < 1.29 is 14.6 Å². The number of hydrogen-bond donors (Lipinski definition) is 1. The molecule has 2 atom stereocenters. The van der Waals surface area contributed by atoms with Crippen LogP contribution in [0, 0.1) is 0 Å². The van der Waals surface area contributed by atoms with E-state index >= 15 is 0 Å². The predicted octanol–water partition coefficient (Wildman–Crippen LogP) is 3.06. The maximum atomic E-state index is 10.2. The van der Waals surface area contributed by atoms with Crippen molar-refractivity contribution >= 4 is 15.9 Å². The van der Waals surface area contributed by atoms with Gasteiger partial charge in [-0.05, 0) is 24.6 Å². The van der Waals surface area contributed by atoms with Crippen LogP contribution in [0.25, 0.3) is 0 Å². The number of methoxy groups -OCH3 is 1. The van der Waals surface area contributed by atoms with Crippen molar-refractivity contribution in [2.75, 3.05) is 13.7 Å². The Hall–Kier alpha value is -0.580. The molecule has 2 unspecified atom stereocenters. The zero-order valence-corrected chi connectivity index (χ0v) is 11.7. The standard InChI is InChI=1S/C13H17BrO3/c1-3-13(8-16-2)7-11(15)10-6-9(14)4-5-12(10)17-13/h4-6,11,15H,3,7-8H2,1-2H3. The minimum atomic E-state index is -0.494. The van der Waals surface area contributed by atoms with Crippen LogP contribution in [0.5, 0.6) is 5.75 Å². The lowest BCUT2D eigenvalue weighted by molar-refractivity contribution is -0.0626. The largest absolute Gasteiger partial charge is 0.484 e. The normalized spacial score (nSPS) is 27.4. The molecule has 3 nitrogen and oxygen atoms in total. The van der Waals surface area contributed by atoms with E-state index in [4.69, 9.17) is 9.47 Å². The summed E-state index contributed by atoms with van der Waals surface area (Å²) in [4.78, 5) is 0. The zero-order chi connectivity index (χ0) is 12.5. The van der Waals surface area contributed by atoms with Crippen LogP contribution >= 0.6 is 15.9 Å². The summed E-state index contributed by atoms with van der Waals surface area (Å²) in [6.45, 7) is 2.55. The highest BCUT2D eigenvalue weighted by molar-refractivity contribution is 9.10. The molecule has 0 fully saturated rings. The molecule has 0 saturated carbocycles. The Bertz CT molecular complexity index is 408. The van der Waals surface area contributed by atoms with Gasteiger partial charge < -0.3 is 14.6 Å². The Morgan fingerprint density at radius 3 is 3.00 bits per heavy atom. The predicted molar refractivity (Wildman–Crippen MR) is 69.2 cm³/mol. The lowest BCUT2D eigenvalue weighted by Gasteiger charge is -2.39. The molecule has 0 spiro atoms. The topological polar surface area (TPSA) is 38.7 Å². The van der Waals surface area contributed by atoms with E-state index in [2.05, 4.69) is 22.9 Å². The third-order valence-corrected chi connectivity index (χ3v) is 3.77. The fourth-order valence-electron chi connectivity index (χ4n) is 2.28. The van der Waals surface area contributed by atoms with Gasteiger partial charge in [0.15, 0.2) is 0 Å². The molecule has 1 aliphatic heterocycles. The van der Waals surface area contributed by atoms with Crippen molar-refractivity contribution in [1.82, 2.24) is 0 Å². The monoisotopic (exact) mass is 300 g/mol. The van der Waals surface area contributed by atoms with Gasteiger partial charge in [-0.25, -0.2) is 0 Å². The first-order valence-electron chi connectivity index (χ1n) is 5.76. The first kappa shape index (κ1) is 12.9. The highest BCUT2D eigenvalue weighted by Crippen LogP contribution is 2.42. The second-order valence-electron chi connectivity index (χ2n) is 4.47. The van der Waals surface area contributed by atoms with E-state index in [-0.39, 0.29) is 0 Å². The fraction of sp³-hybridized carbons (Fsp3) is 0.538. The molecule has 4 heteroatoms. The Labute approximate surface area is 110 Å². The summed E-state index contributed by atoms with van der Waals surface area (Å²) in [7, 11) is 1.66. The highest BCUT2D eigenvalue weighted by Gasteiger charge is 2.39. The molecule has 0 saturated heterocycles. The summed E-state index contributed by atoms with van der Waals surface area (Å²) < 4.78 is 12.2. The number of fused-ring (bicyclic) bond motifs is 1. The van der Waals surface area contributed by atoms with Gasteiger partial charge in [-0.15, -0.1) is 0 Å². The number of aliphatic hydroxyl groups is 1. The molecule has 0 aromatic heterocycles. The van der Waals surface area contributed by atoms with Crippen LogP contribution in [0.15, 0.2) is 22.7 Å². The van der Waals surface area contributed by atoms with E-state index in [1.165, 1.54) is 0 Å². The molecule has 1 heterocycles. The summed E-state index contributed by atoms with van der Waals surface area (Å²) in [6.07, 6.45) is 0.889. The molecule has 1 aromatic carbocycles. The average Bonchev–Trinajstić information content (AvgIpc) is 2.31. The number of hydrogen-bond acceptors (Lipinski definition) is 3. The smallest absolute Gasteiger partial charge is 0.135 e. The van der Waals surface area contributed by atoms with Gasteiger partial charge in [0.1, 0.15) is 11.4 Å². The molecule has 1 aliphatic rings. The Kier molecular flexibility index (Phi) is 3.76. The SMILES string of the molecule is CCC1(COC)CC(O)c2cc(Br)ccc2O1. The van der Waals surface area contributed by atoms with Gasteiger partial charge in [0.25, 0.3) is 0 Å². The van der Waals surface area contributed by atoms with E-state index in [9.17, 15) is 5.11 Å². The Morgan fingerprint density at radius 1 is 1.59 bits per heavy atom. The van der Waals surface area contributed by atoms with Gasteiger partial charge in [-0.3, -0.25) is 0 Å². The van der Waals surface area contributed by atoms with Crippen LogP contribution in [0.1, 0.15) is 31.4 Å². The van der Waals surface area contributed by atoms with Crippen LogP contribution in [-0.2, 0) is 4.74 Å². The van der Waals surface area contributed by atoms with Crippen molar-refractivity contribution in [2.45, 2.75) is 31.5 Å². The Morgan fingerprint density at radius 2 is 2.35 bits per heavy atom. The van der Waals surface area contributed by atoms with Crippen LogP contribution in [-0.4, -0.2) is 24.4 Å². The first-order chi connectivity index (χ1) is 8.10. The number of benzene rings is 1. The van der Waals surface area contributed by atoms with Gasteiger partial charge in [0, 0.05) is 23.6 Å². The number of ether oxygens (including phenoxy) is 2. The van der Waals surface area contributed by atoms with E-state index < -0.39 is 11.7 Å². The van der Waals surface area contributed by atoms with Crippen LogP contribution in [0.4, 0.5) is 0 Å². The van der Waals surface area contributed by atoms with E-state index in [1.807, 2.05) is 18.2 Å². The molecule has 17 heavy (non-hydrogen) atoms. The molecule has 0 bridgehead atoms. The maximum absolute atomic E-state index is 10.2. The summed E-state index contributed by atoms with van der Waals surface area (Å²) >= 11 is 3.40. The molecular formula is C13H17BrO3. The van der Waals surface area contributed by atoms with Crippen molar-refractivity contribution in [2.24, 2.45) is 0 Å². The van der Waals surface area contributed by atoms with Crippen molar-refractivity contribution in [1.29, 1.82) is 0 Å². The highest BCUT2D eigenvalue weighted by atomic mass is 79.9. The number of halogens is 1. The van der Waals surface area contributed by atoms with Crippen molar-refractivity contribution in [3.05, 3.63) is 28.2 Å². The molecular weight excluding hydrogens is 284 g/mol. The quantitative estimate of drug-likeness (QED) is 0.932. The molecule has 0 radical (unpaired) electrons. The lowest BCUT2D eigenvalue weighted by atomic mass is 9.87. The maximum Gasteiger partial charge on any atom is 0.135 e. The van der Waals surface area contributed by atoms with Crippen LogP contribution in [0.2, 0.25) is 0 Å². The first-order valence-corrected chi connectivity index (χ1v) is 6.55.